The summed E-state index contributed by atoms with van der Waals surface area (Å²) in [6.45, 7) is 2.40. The van der Waals surface area contributed by atoms with Crippen molar-refractivity contribution in [1.29, 1.82) is 0 Å². The fraction of sp³-hybridized carbons (Fsp3) is 0.325. The molecule has 2 aliphatic rings. The van der Waals surface area contributed by atoms with E-state index in [4.69, 9.17) is 17.3 Å². The Morgan fingerprint density at radius 1 is 0.918 bits per heavy atom. The summed E-state index contributed by atoms with van der Waals surface area (Å²) >= 11 is 6.10. The molecule has 9 heteroatoms. The van der Waals surface area contributed by atoms with E-state index in [1.54, 1.807) is 17.0 Å². The number of nitrogens with zero attached hydrogens (tertiary/aromatic N) is 2. The lowest BCUT2D eigenvalue weighted by Gasteiger charge is -2.33. The van der Waals surface area contributed by atoms with Crippen molar-refractivity contribution in [1.82, 2.24) is 5.32 Å². The van der Waals surface area contributed by atoms with Crippen molar-refractivity contribution in [3.8, 4) is 11.1 Å². The van der Waals surface area contributed by atoms with Crippen LogP contribution in [0.25, 0.3) is 11.1 Å². The van der Waals surface area contributed by atoms with Gasteiger partial charge in [0, 0.05) is 17.5 Å². The van der Waals surface area contributed by atoms with Crippen molar-refractivity contribution in [2.75, 3.05) is 16.3 Å². The van der Waals surface area contributed by atoms with E-state index in [0.717, 1.165) is 53.7 Å². The highest BCUT2D eigenvalue weighted by atomic mass is 35.5. The van der Waals surface area contributed by atoms with Crippen LogP contribution >= 0.6 is 11.6 Å². The summed E-state index contributed by atoms with van der Waals surface area (Å²) in [6.07, 6.45) is 4.98. The maximum atomic E-state index is 14.7. The number of primary amides is 1. The molecule has 1 heterocycles. The van der Waals surface area contributed by atoms with Gasteiger partial charge in [-0.2, -0.15) is 0 Å². The number of hydrogen-bond acceptors (Lipinski definition) is 4. The first kappa shape index (κ1) is 34.2. The van der Waals surface area contributed by atoms with Gasteiger partial charge in [-0.05, 0) is 77.9 Å². The van der Waals surface area contributed by atoms with E-state index in [1.807, 2.05) is 85.8 Å². The molecule has 254 valence electrons. The highest BCUT2D eigenvalue weighted by molar-refractivity contribution is 6.31. The van der Waals surface area contributed by atoms with E-state index in [0.29, 0.717) is 24.4 Å². The fourth-order valence-corrected chi connectivity index (χ4v) is 7.27. The lowest BCUT2D eigenvalue weighted by Crippen LogP contribution is -2.54. The number of rotatable bonds is 12. The van der Waals surface area contributed by atoms with Gasteiger partial charge in [-0.25, -0.2) is 4.39 Å². The number of anilines is 3. The summed E-state index contributed by atoms with van der Waals surface area (Å²) in [6, 6.07) is 28.9. The zero-order valence-corrected chi connectivity index (χ0v) is 28.4. The Bertz CT molecular complexity index is 1810. The molecule has 0 radical (unpaired) electrons. The van der Waals surface area contributed by atoms with E-state index < -0.39 is 29.6 Å². The average Bonchev–Trinajstić information content (AvgIpc) is 3.19. The second-order valence-corrected chi connectivity index (χ2v) is 13.6. The van der Waals surface area contributed by atoms with Crippen LogP contribution in [0, 0.1) is 23.6 Å². The van der Waals surface area contributed by atoms with Crippen molar-refractivity contribution in [2.24, 2.45) is 23.5 Å². The molecule has 0 spiro atoms. The summed E-state index contributed by atoms with van der Waals surface area (Å²) in [5, 5.41) is 3.16. The molecule has 0 aromatic heterocycles. The SMILES string of the molecule is CCCC(C(N)=O)C(CC1CCC1)C(=O)NC1CN(c2ccccc2)c2ccccc2N(Cc2cccc(-c3ccc(F)c(Cl)c3)c2)C1=O. The van der Waals surface area contributed by atoms with Gasteiger partial charge < -0.3 is 20.9 Å². The van der Waals surface area contributed by atoms with Crippen LogP contribution in [-0.4, -0.2) is 30.3 Å². The zero-order chi connectivity index (χ0) is 34.5. The monoisotopic (exact) mass is 680 g/mol. The number of fused-ring (bicyclic) bond motifs is 1. The molecule has 3 N–H and O–H groups in total. The number of carbonyl (C=O) groups is 3. The van der Waals surface area contributed by atoms with E-state index in [9.17, 15) is 18.8 Å². The summed E-state index contributed by atoms with van der Waals surface area (Å²) in [5.41, 5.74) is 10.7. The Morgan fingerprint density at radius 3 is 2.31 bits per heavy atom. The van der Waals surface area contributed by atoms with Crippen LogP contribution in [0.5, 0.6) is 0 Å². The summed E-state index contributed by atoms with van der Waals surface area (Å²) in [7, 11) is 0. The van der Waals surface area contributed by atoms with Gasteiger partial charge in [-0.1, -0.05) is 98.8 Å². The summed E-state index contributed by atoms with van der Waals surface area (Å²) in [4.78, 5) is 45.4. The Morgan fingerprint density at radius 2 is 1.63 bits per heavy atom. The molecule has 49 heavy (non-hydrogen) atoms. The van der Waals surface area contributed by atoms with Gasteiger partial charge in [0.2, 0.25) is 11.8 Å². The molecule has 1 aliphatic heterocycles. The van der Waals surface area contributed by atoms with Crippen molar-refractivity contribution >= 4 is 46.4 Å². The molecule has 0 saturated heterocycles. The molecule has 4 aromatic rings. The molecule has 1 saturated carbocycles. The number of para-hydroxylation sites is 3. The third-order valence-electron chi connectivity index (χ3n) is 9.90. The Labute approximate surface area is 292 Å². The zero-order valence-electron chi connectivity index (χ0n) is 27.7. The van der Waals surface area contributed by atoms with Crippen molar-refractivity contribution in [3.05, 3.63) is 113 Å². The third kappa shape index (κ3) is 7.65. The topological polar surface area (TPSA) is 95.7 Å². The average molecular weight is 681 g/mol. The van der Waals surface area contributed by atoms with Crippen LogP contribution in [0.4, 0.5) is 21.5 Å². The third-order valence-corrected chi connectivity index (χ3v) is 10.2. The predicted molar refractivity (Wildman–Crippen MR) is 193 cm³/mol. The standard InChI is InChI=1S/C40H42ClFN4O3/c1-2-10-31(38(43)47)32(22-26-11-8-12-26)39(48)44-35-25-45(30-15-4-3-5-16-30)36-17-6-7-18-37(36)46(40(35)49)24-27-13-9-14-28(21-27)29-19-20-34(42)33(41)23-29/h3-7,9,13-21,23,26,31-32,35H,2,8,10-12,22,24-25H2,1H3,(H2,43,47)(H,44,48). The lowest BCUT2D eigenvalue weighted by atomic mass is 9.74. The number of nitrogens with one attached hydrogen (secondary N) is 1. The highest BCUT2D eigenvalue weighted by Crippen LogP contribution is 2.39. The van der Waals surface area contributed by atoms with E-state index >= 15 is 0 Å². The lowest BCUT2D eigenvalue weighted by molar-refractivity contribution is -0.136. The van der Waals surface area contributed by atoms with Crippen molar-refractivity contribution in [2.45, 2.75) is 58.0 Å². The van der Waals surface area contributed by atoms with Gasteiger partial charge >= 0.3 is 0 Å². The predicted octanol–water partition coefficient (Wildman–Crippen LogP) is 8.02. The molecule has 1 fully saturated rings. The first-order valence-corrected chi connectivity index (χ1v) is 17.5. The largest absolute Gasteiger partial charge is 0.369 e. The second-order valence-electron chi connectivity index (χ2n) is 13.2. The minimum atomic E-state index is -0.918. The molecule has 0 bridgehead atoms. The maximum Gasteiger partial charge on any atom is 0.251 e. The minimum absolute atomic E-state index is 0.0345. The molecule has 3 unspecified atom stereocenters. The van der Waals surface area contributed by atoms with E-state index in [2.05, 4.69) is 10.2 Å². The van der Waals surface area contributed by atoms with Gasteiger partial charge in [-0.3, -0.25) is 14.4 Å². The fourth-order valence-electron chi connectivity index (χ4n) is 7.09. The Balaban J connectivity index is 1.37. The summed E-state index contributed by atoms with van der Waals surface area (Å²) < 4.78 is 13.9. The van der Waals surface area contributed by atoms with Crippen LogP contribution in [0.2, 0.25) is 5.02 Å². The van der Waals surface area contributed by atoms with Crippen molar-refractivity contribution < 1.29 is 18.8 Å². The smallest absolute Gasteiger partial charge is 0.251 e. The normalized spacial score (nSPS) is 17.4. The van der Waals surface area contributed by atoms with Crippen LogP contribution < -0.4 is 20.9 Å². The molecule has 3 amide bonds. The van der Waals surface area contributed by atoms with Crippen LogP contribution in [0.1, 0.15) is 51.0 Å². The summed E-state index contributed by atoms with van der Waals surface area (Å²) in [5.74, 6) is -2.39. The number of hydrogen-bond donors (Lipinski definition) is 2. The number of nitrogens with two attached hydrogens (primary N) is 1. The quantitative estimate of drug-likeness (QED) is 0.158. The van der Waals surface area contributed by atoms with Crippen LogP contribution in [0.3, 0.4) is 0 Å². The molecule has 3 atom stereocenters. The van der Waals surface area contributed by atoms with Gasteiger partial charge in [0.15, 0.2) is 0 Å². The number of benzene rings is 4. The first-order chi connectivity index (χ1) is 23.7. The molecule has 6 rings (SSSR count). The maximum absolute atomic E-state index is 14.7. The second kappa shape index (κ2) is 15.2. The first-order valence-electron chi connectivity index (χ1n) is 17.1. The van der Waals surface area contributed by atoms with Gasteiger partial charge in [-0.15, -0.1) is 0 Å². The Hall–Kier alpha value is -4.69. The van der Waals surface area contributed by atoms with Crippen LogP contribution in [-0.2, 0) is 20.9 Å². The molecular weight excluding hydrogens is 639 g/mol. The van der Waals surface area contributed by atoms with Crippen LogP contribution in [0.15, 0.2) is 97.1 Å². The van der Waals surface area contributed by atoms with Gasteiger partial charge in [0.05, 0.1) is 29.5 Å². The van der Waals surface area contributed by atoms with Gasteiger partial charge in [0.25, 0.3) is 5.91 Å². The van der Waals surface area contributed by atoms with Crippen molar-refractivity contribution in [3.63, 3.8) is 0 Å². The van der Waals surface area contributed by atoms with E-state index in [1.165, 1.54) is 6.07 Å². The minimum Gasteiger partial charge on any atom is -0.369 e. The van der Waals surface area contributed by atoms with Gasteiger partial charge in [0.1, 0.15) is 11.9 Å². The number of halogens is 2. The molecular formula is C40H42ClFN4O3. The molecule has 7 nitrogen and oxygen atoms in total. The van der Waals surface area contributed by atoms with E-state index in [-0.39, 0.29) is 29.9 Å². The number of carbonyl (C=O) groups excluding carboxylic acids is 3. The number of amides is 3. The molecule has 4 aromatic carbocycles. The highest BCUT2D eigenvalue weighted by Gasteiger charge is 2.40. The Kier molecular flexibility index (Phi) is 10.6. The molecule has 1 aliphatic carbocycles.